The van der Waals surface area contributed by atoms with Crippen molar-refractivity contribution in [3.05, 3.63) is 35.4 Å². The molecule has 0 aliphatic carbocycles. The minimum atomic E-state index is -0.689. The molecule has 0 bridgehead atoms. The molecule has 4 nitrogen and oxygen atoms in total. The topological polar surface area (TPSA) is 69.4 Å². The van der Waals surface area contributed by atoms with Crippen molar-refractivity contribution in [3.63, 3.8) is 0 Å². The zero-order chi connectivity index (χ0) is 14.3. The molecule has 1 rings (SSSR count). The van der Waals surface area contributed by atoms with Crippen LogP contribution >= 0.6 is 0 Å². The average Bonchev–Trinajstić information content (AvgIpc) is 2.43. The van der Waals surface area contributed by atoms with Crippen molar-refractivity contribution < 1.29 is 14.3 Å². The van der Waals surface area contributed by atoms with Gasteiger partial charge in [0.05, 0.1) is 7.11 Å². The van der Waals surface area contributed by atoms with Gasteiger partial charge in [-0.05, 0) is 24.5 Å². The average molecular weight is 263 g/mol. The summed E-state index contributed by atoms with van der Waals surface area (Å²) >= 11 is 0. The van der Waals surface area contributed by atoms with Crippen LogP contribution in [-0.4, -0.2) is 24.9 Å². The fourth-order valence-corrected chi connectivity index (χ4v) is 1.84. The number of nitrogens with two attached hydrogens (primary N) is 1. The van der Waals surface area contributed by atoms with Crippen molar-refractivity contribution in [2.75, 3.05) is 7.11 Å². The lowest BCUT2D eigenvalue weighted by molar-refractivity contribution is -0.142. The molecule has 0 fully saturated rings. The molecule has 4 heteroatoms. The van der Waals surface area contributed by atoms with Crippen LogP contribution in [0.25, 0.3) is 0 Å². The molecule has 0 aromatic heterocycles. The van der Waals surface area contributed by atoms with Crippen molar-refractivity contribution in [3.8, 4) is 0 Å². The number of ketones is 1. The van der Waals surface area contributed by atoms with E-state index in [1.165, 1.54) is 7.11 Å². The lowest BCUT2D eigenvalue weighted by Crippen LogP contribution is -2.33. The van der Waals surface area contributed by atoms with Gasteiger partial charge < -0.3 is 10.5 Å². The predicted molar refractivity (Wildman–Crippen MR) is 74.0 cm³/mol. The standard InChI is InChI=1S/C15H21NO3/c1-3-4-8-14(17)12-7-5-6-11(9-12)10-13(16)15(18)19-2/h5-7,9,13H,3-4,8,10,16H2,1-2H3/t13-/m0/s1. The Hall–Kier alpha value is -1.68. The molecule has 0 aliphatic rings. The van der Waals surface area contributed by atoms with Crippen molar-refractivity contribution >= 4 is 11.8 Å². The van der Waals surface area contributed by atoms with Gasteiger partial charge in [0.1, 0.15) is 6.04 Å². The molecule has 0 radical (unpaired) electrons. The molecule has 0 amide bonds. The van der Waals surface area contributed by atoms with Gasteiger partial charge in [-0.15, -0.1) is 0 Å². The Balaban J connectivity index is 2.71. The normalized spacial score (nSPS) is 11.9. The zero-order valence-electron chi connectivity index (χ0n) is 11.5. The van der Waals surface area contributed by atoms with Crippen molar-refractivity contribution in [2.24, 2.45) is 5.73 Å². The second-order valence-electron chi connectivity index (χ2n) is 4.56. The van der Waals surface area contributed by atoms with E-state index >= 15 is 0 Å². The van der Waals surface area contributed by atoms with E-state index in [-0.39, 0.29) is 5.78 Å². The fraction of sp³-hybridized carbons (Fsp3) is 0.467. The van der Waals surface area contributed by atoms with Crippen LogP contribution in [0.3, 0.4) is 0 Å². The molecule has 1 aromatic rings. The molecule has 0 saturated heterocycles. The van der Waals surface area contributed by atoms with Gasteiger partial charge in [-0.1, -0.05) is 31.5 Å². The number of ether oxygens (including phenoxy) is 1. The van der Waals surface area contributed by atoms with Gasteiger partial charge in [0.25, 0.3) is 0 Å². The zero-order valence-corrected chi connectivity index (χ0v) is 11.5. The molecule has 0 unspecified atom stereocenters. The lowest BCUT2D eigenvalue weighted by atomic mass is 10.00. The van der Waals surface area contributed by atoms with Crippen LogP contribution in [0.5, 0.6) is 0 Å². The second kappa shape index (κ2) is 7.69. The van der Waals surface area contributed by atoms with Gasteiger partial charge in [-0.3, -0.25) is 9.59 Å². The number of carbonyl (C=O) groups excluding carboxylic acids is 2. The third kappa shape index (κ3) is 4.83. The maximum absolute atomic E-state index is 11.9. The number of Topliss-reactive ketones (excluding diaryl/α,β-unsaturated/α-hetero) is 1. The Bertz CT molecular complexity index is 443. The minimum Gasteiger partial charge on any atom is -0.468 e. The molecule has 0 heterocycles. The summed E-state index contributed by atoms with van der Waals surface area (Å²) < 4.78 is 4.58. The summed E-state index contributed by atoms with van der Waals surface area (Å²) in [5, 5.41) is 0. The van der Waals surface area contributed by atoms with Gasteiger partial charge in [-0.2, -0.15) is 0 Å². The van der Waals surface area contributed by atoms with Gasteiger partial charge in [0.15, 0.2) is 5.78 Å². The Morgan fingerprint density at radius 3 is 2.74 bits per heavy atom. The molecule has 0 spiro atoms. The van der Waals surface area contributed by atoms with Gasteiger partial charge >= 0.3 is 5.97 Å². The van der Waals surface area contributed by atoms with E-state index in [0.29, 0.717) is 18.4 Å². The van der Waals surface area contributed by atoms with E-state index in [1.54, 1.807) is 12.1 Å². The van der Waals surface area contributed by atoms with Crippen LogP contribution in [0.15, 0.2) is 24.3 Å². The van der Waals surface area contributed by atoms with E-state index in [4.69, 9.17) is 5.73 Å². The number of benzene rings is 1. The van der Waals surface area contributed by atoms with Crippen LogP contribution in [0.4, 0.5) is 0 Å². The monoisotopic (exact) mass is 263 g/mol. The van der Waals surface area contributed by atoms with E-state index in [1.807, 2.05) is 12.1 Å². The molecule has 0 aliphatic heterocycles. The molecule has 104 valence electrons. The van der Waals surface area contributed by atoms with Crippen LogP contribution in [-0.2, 0) is 16.0 Å². The molecule has 1 aromatic carbocycles. The molecule has 1 atom stereocenters. The fourth-order valence-electron chi connectivity index (χ4n) is 1.84. The highest BCUT2D eigenvalue weighted by Crippen LogP contribution is 2.11. The van der Waals surface area contributed by atoms with Gasteiger partial charge in [0.2, 0.25) is 0 Å². The largest absolute Gasteiger partial charge is 0.468 e. The first-order valence-electron chi connectivity index (χ1n) is 6.54. The maximum atomic E-state index is 11.9. The van der Waals surface area contributed by atoms with E-state index in [9.17, 15) is 9.59 Å². The Labute approximate surface area is 113 Å². The minimum absolute atomic E-state index is 0.135. The van der Waals surface area contributed by atoms with Gasteiger partial charge in [-0.25, -0.2) is 0 Å². The van der Waals surface area contributed by atoms with Crippen molar-refractivity contribution in [1.82, 2.24) is 0 Å². The number of hydrogen-bond acceptors (Lipinski definition) is 4. The highest BCUT2D eigenvalue weighted by Gasteiger charge is 2.15. The first-order valence-corrected chi connectivity index (χ1v) is 6.54. The summed E-state index contributed by atoms with van der Waals surface area (Å²) in [4.78, 5) is 23.2. The molecule has 19 heavy (non-hydrogen) atoms. The summed E-state index contributed by atoms with van der Waals surface area (Å²) in [7, 11) is 1.31. The first-order chi connectivity index (χ1) is 9.08. The lowest BCUT2D eigenvalue weighted by Gasteiger charge is -2.10. The first kappa shape index (κ1) is 15.4. The summed E-state index contributed by atoms with van der Waals surface area (Å²) in [5.41, 5.74) is 7.27. The molecular formula is C15H21NO3. The SMILES string of the molecule is CCCCC(=O)c1cccc(C[C@H](N)C(=O)OC)c1. The highest BCUT2D eigenvalue weighted by molar-refractivity contribution is 5.96. The van der Waals surface area contributed by atoms with Crippen molar-refractivity contribution in [1.29, 1.82) is 0 Å². The summed E-state index contributed by atoms with van der Waals surface area (Å²) in [6, 6.07) is 6.59. The summed E-state index contributed by atoms with van der Waals surface area (Å²) in [5.74, 6) is -0.307. The Kier molecular flexibility index (Phi) is 6.22. The highest BCUT2D eigenvalue weighted by atomic mass is 16.5. The molecular weight excluding hydrogens is 242 g/mol. The number of hydrogen-bond donors (Lipinski definition) is 1. The van der Waals surface area contributed by atoms with Crippen LogP contribution in [0.1, 0.15) is 42.1 Å². The van der Waals surface area contributed by atoms with Crippen molar-refractivity contribution in [2.45, 2.75) is 38.6 Å². The van der Waals surface area contributed by atoms with E-state index in [2.05, 4.69) is 11.7 Å². The van der Waals surface area contributed by atoms with Crippen LogP contribution in [0, 0.1) is 0 Å². The summed E-state index contributed by atoms with van der Waals surface area (Å²) in [6.07, 6.45) is 2.83. The smallest absolute Gasteiger partial charge is 0.322 e. The quantitative estimate of drug-likeness (QED) is 0.604. The number of methoxy groups -OCH3 is 1. The van der Waals surface area contributed by atoms with Crippen LogP contribution < -0.4 is 5.73 Å². The predicted octanol–water partition coefficient (Wildman–Crippen LogP) is 2.10. The third-order valence-corrected chi connectivity index (χ3v) is 2.97. The number of rotatable bonds is 7. The molecule has 2 N–H and O–H groups in total. The number of unbranched alkanes of at least 4 members (excludes halogenated alkanes) is 1. The van der Waals surface area contributed by atoms with Crippen LogP contribution in [0.2, 0.25) is 0 Å². The Morgan fingerprint density at radius 1 is 1.37 bits per heavy atom. The second-order valence-corrected chi connectivity index (χ2v) is 4.56. The van der Waals surface area contributed by atoms with E-state index in [0.717, 1.165) is 18.4 Å². The van der Waals surface area contributed by atoms with E-state index < -0.39 is 12.0 Å². The molecule has 0 saturated carbocycles. The maximum Gasteiger partial charge on any atom is 0.322 e. The number of carbonyl (C=O) groups is 2. The summed E-state index contributed by atoms with van der Waals surface area (Å²) in [6.45, 7) is 2.05. The number of esters is 1. The Morgan fingerprint density at radius 2 is 2.11 bits per heavy atom. The van der Waals surface area contributed by atoms with Gasteiger partial charge in [0, 0.05) is 12.0 Å². The third-order valence-electron chi connectivity index (χ3n) is 2.97.